The van der Waals surface area contributed by atoms with Crippen LogP contribution < -0.4 is 10.2 Å². The molecule has 2 aromatic carbocycles. The quantitative estimate of drug-likeness (QED) is 0.420. The topological polar surface area (TPSA) is 72.6 Å². The number of carbonyl (C=O) groups is 1. The number of hydrogen-bond acceptors (Lipinski definition) is 5. The number of carbonyl (C=O) groups excluding carboxylic acids is 1. The third-order valence-electron chi connectivity index (χ3n) is 5.87. The molecule has 1 amide bonds. The largest absolute Gasteiger partial charge is 0.494 e. The third kappa shape index (κ3) is 3.78. The molecule has 0 aliphatic carbocycles. The van der Waals surface area contributed by atoms with Crippen LogP contribution in [-0.4, -0.2) is 22.4 Å². The van der Waals surface area contributed by atoms with E-state index < -0.39 is 6.04 Å². The molecule has 6 heteroatoms. The summed E-state index contributed by atoms with van der Waals surface area (Å²) in [7, 11) is 0. The van der Waals surface area contributed by atoms with Crippen molar-refractivity contribution in [3.8, 4) is 5.75 Å². The second-order valence-corrected chi connectivity index (χ2v) is 8.29. The number of rotatable bonds is 6. The molecular weight excluding hydrogens is 416 g/mol. The molecule has 0 saturated carbocycles. The van der Waals surface area contributed by atoms with Crippen molar-refractivity contribution in [2.45, 2.75) is 32.9 Å². The van der Waals surface area contributed by atoms with Crippen LogP contribution in [0.1, 0.15) is 52.2 Å². The summed E-state index contributed by atoms with van der Waals surface area (Å²) in [5.74, 6) is 0.561. The second kappa shape index (κ2) is 8.54. The van der Waals surface area contributed by atoms with E-state index in [2.05, 4.69) is 11.9 Å². The van der Waals surface area contributed by atoms with E-state index in [0.29, 0.717) is 29.7 Å². The molecule has 0 bridgehead atoms. The average molecular weight is 440 g/mol. The summed E-state index contributed by atoms with van der Waals surface area (Å²) in [4.78, 5) is 33.0. The van der Waals surface area contributed by atoms with Crippen LogP contribution in [0.25, 0.3) is 11.0 Å². The van der Waals surface area contributed by atoms with E-state index in [1.807, 2.05) is 55.5 Å². The lowest BCUT2D eigenvalue weighted by molar-refractivity contribution is 0.0714. The number of nitrogens with zero attached hydrogens (tertiary/aromatic N) is 2. The highest BCUT2D eigenvalue weighted by atomic mass is 16.5. The van der Waals surface area contributed by atoms with E-state index in [-0.39, 0.29) is 17.1 Å². The number of hydrogen-bond donors (Lipinski definition) is 0. The number of benzene rings is 2. The molecule has 5 rings (SSSR count). The van der Waals surface area contributed by atoms with Crippen molar-refractivity contribution >= 4 is 16.9 Å². The van der Waals surface area contributed by atoms with Gasteiger partial charge in [0.1, 0.15) is 11.3 Å². The predicted octanol–water partition coefficient (Wildman–Crippen LogP) is 5.03. The molecule has 1 aliphatic heterocycles. The Kier molecular flexibility index (Phi) is 5.42. The maximum Gasteiger partial charge on any atom is 0.291 e. The Balaban J connectivity index is 1.66. The Labute approximate surface area is 191 Å². The van der Waals surface area contributed by atoms with Crippen molar-refractivity contribution in [2.75, 3.05) is 6.61 Å². The first kappa shape index (κ1) is 20.9. The Morgan fingerprint density at radius 2 is 1.91 bits per heavy atom. The molecule has 0 unspecified atom stereocenters. The molecule has 1 aliphatic rings. The molecule has 0 saturated heterocycles. The molecule has 4 aromatic rings. The predicted molar refractivity (Wildman–Crippen MR) is 125 cm³/mol. The fraction of sp³-hybridized carbons (Fsp3) is 0.222. The van der Waals surface area contributed by atoms with Gasteiger partial charge < -0.3 is 14.1 Å². The van der Waals surface area contributed by atoms with E-state index in [1.54, 1.807) is 23.4 Å². The maximum atomic E-state index is 13.6. The molecule has 166 valence electrons. The van der Waals surface area contributed by atoms with Crippen LogP contribution in [-0.2, 0) is 6.54 Å². The molecule has 1 atom stereocenters. The molecule has 0 fully saturated rings. The third-order valence-corrected chi connectivity index (χ3v) is 5.87. The van der Waals surface area contributed by atoms with Crippen molar-refractivity contribution in [3.63, 3.8) is 0 Å². The van der Waals surface area contributed by atoms with Crippen LogP contribution in [0.5, 0.6) is 5.75 Å². The molecule has 3 heterocycles. The number of aromatic nitrogens is 1. The van der Waals surface area contributed by atoms with Gasteiger partial charge in [-0.3, -0.25) is 14.6 Å². The van der Waals surface area contributed by atoms with E-state index in [4.69, 9.17) is 9.15 Å². The Morgan fingerprint density at radius 3 is 2.64 bits per heavy atom. The van der Waals surface area contributed by atoms with Crippen LogP contribution in [0.2, 0.25) is 0 Å². The first-order valence-electron chi connectivity index (χ1n) is 11.1. The molecule has 2 aromatic heterocycles. The summed E-state index contributed by atoms with van der Waals surface area (Å²) in [5, 5.41) is 0.484. The summed E-state index contributed by atoms with van der Waals surface area (Å²) in [6.45, 7) is 4.92. The Hall–Kier alpha value is -3.93. The van der Waals surface area contributed by atoms with Gasteiger partial charge >= 0.3 is 0 Å². The number of pyridine rings is 1. The lowest BCUT2D eigenvalue weighted by Crippen LogP contribution is -2.29. The molecule has 33 heavy (non-hydrogen) atoms. The zero-order valence-electron chi connectivity index (χ0n) is 18.6. The second-order valence-electron chi connectivity index (χ2n) is 8.29. The lowest BCUT2D eigenvalue weighted by Gasteiger charge is -2.25. The zero-order valence-corrected chi connectivity index (χ0v) is 18.6. The minimum absolute atomic E-state index is 0.108. The molecule has 6 nitrogen and oxygen atoms in total. The molecule has 0 spiro atoms. The average Bonchev–Trinajstić information content (AvgIpc) is 3.11. The van der Waals surface area contributed by atoms with Crippen molar-refractivity contribution < 1.29 is 13.9 Å². The summed E-state index contributed by atoms with van der Waals surface area (Å²) in [5.41, 5.74) is 3.29. The normalized spacial score (nSPS) is 15.2. The molecule has 0 N–H and O–H groups in total. The van der Waals surface area contributed by atoms with Crippen molar-refractivity contribution in [3.05, 3.63) is 105 Å². The fourth-order valence-corrected chi connectivity index (χ4v) is 4.30. The van der Waals surface area contributed by atoms with Crippen LogP contribution in [0.3, 0.4) is 0 Å². The molecule has 0 radical (unpaired) electrons. The van der Waals surface area contributed by atoms with Gasteiger partial charge in [-0.2, -0.15) is 0 Å². The zero-order chi connectivity index (χ0) is 22.9. The Bertz CT molecular complexity index is 1380. The summed E-state index contributed by atoms with van der Waals surface area (Å²) in [6, 6.07) is 16.2. The van der Waals surface area contributed by atoms with E-state index in [1.165, 1.54) is 0 Å². The number of fused-ring (bicyclic) bond motifs is 2. The summed E-state index contributed by atoms with van der Waals surface area (Å²) >= 11 is 0. The molecular formula is C27H24N2O4. The first-order valence-corrected chi connectivity index (χ1v) is 11.1. The van der Waals surface area contributed by atoms with E-state index in [0.717, 1.165) is 28.9 Å². The Morgan fingerprint density at radius 1 is 1.09 bits per heavy atom. The lowest BCUT2D eigenvalue weighted by atomic mass is 9.98. The van der Waals surface area contributed by atoms with Gasteiger partial charge in [-0.15, -0.1) is 0 Å². The van der Waals surface area contributed by atoms with Crippen molar-refractivity contribution in [2.24, 2.45) is 0 Å². The minimum atomic E-state index is -0.561. The van der Waals surface area contributed by atoms with E-state index >= 15 is 0 Å². The number of ether oxygens (including phenoxy) is 1. The van der Waals surface area contributed by atoms with Crippen molar-refractivity contribution in [1.29, 1.82) is 0 Å². The van der Waals surface area contributed by atoms with Gasteiger partial charge in [0.2, 0.25) is 5.76 Å². The highest BCUT2D eigenvalue weighted by Crippen LogP contribution is 2.39. The standard InChI is InChI=1S/C27H24N2O4/c1-3-13-32-20-9-7-19(8-10-20)24-23-25(30)21-14-17(2)6-11-22(21)33-26(23)27(31)29(24)16-18-5-4-12-28-15-18/h4-12,14-15,24H,3,13,16H2,1-2H3/t24-/m1/s1. The van der Waals surface area contributed by atoms with Gasteiger partial charge in [0.15, 0.2) is 5.43 Å². The van der Waals surface area contributed by atoms with Gasteiger partial charge in [-0.25, -0.2) is 0 Å². The van der Waals surface area contributed by atoms with Crippen LogP contribution in [0, 0.1) is 6.92 Å². The smallest absolute Gasteiger partial charge is 0.291 e. The van der Waals surface area contributed by atoms with Gasteiger partial charge in [-0.05, 0) is 54.8 Å². The highest BCUT2D eigenvalue weighted by Gasteiger charge is 2.42. The van der Waals surface area contributed by atoms with Gasteiger partial charge in [-0.1, -0.05) is 36.8 Å². The van der Waals surface area contributed by atoms with Gasteiger partial charge in [0.25, 0.3) is 5.91 Å². The fourth-order valence-electron chi connectivity index (χ4n) is 4.30. The SMILES string of the molecule is CCCOc1ccc([C@@H]2c3c(oc4ccc(C)cc4c3=O)C(=O)N2Cc2cccnc2)cc1. The summed E-state index contributed by atoms with van der Waals surface area (Å²) in [6.07, 6.45) is 4.33. The number of amides is 1. The van der Waals surface area contributed by atoms with Gasteiger partial charge in [0, 0.05) is 18.9 Å². The van der Waals surface area contributed by atoms with Crippen LogP contribution in [0.15, 0.2) is 76.2 Å². The van der Waals surface area contributed by atoms with E-state index in [9.17, 15) is 9.59 Å². The number of aryl methyl sites for hydroxylation is 1. The van der Waals surface area contributed by atoms with Crippen LogP contribution in [0.4, 0.5) is 0 Å². The maximum absolute atomic E-state index is 13.6. The highest BCUT2D eigenvalue weighted by molar-refractivity contribution is 5.99. The van der Waals surface area contributed by atoms with Gasteiger partial charge in [0.05, 0.1) is 23.6 Å². The summed E-state index contributed by atoms with van der Waals surface area (Å²) < 4.78 is 11.7. The minimum Gasteiger partial charge on any atom is -0.494 e. The first-order chi connectivity index (χ1) is 16.1. The van der Waals surface area contributed by atoms with Crippen LogP contribution >= 0.6 is 0 Å². The van der Waals surface area contributed by atoms with Crippen molar-refractivity contribution in [1.82, 2.24) is 9.88 Å². The monoisotopic (exact) mass is 440 g/mol.